The second kappa shape index (κ2) is 9.27. The van der Waals surface area contributed by atoms with Gasteiger partial charge in [0.25, 0.3) is 11.8 Å². The minimum Gasteiger partial charge on any atom is -0.508 e. The molecule has 25 heavy (non-hydrogen) atoms. The molecule has 5 nitrogen and oxygen atoms in total. The van der Waals surface area contributed by atoms with Gasteiger partial charge in [-0.3, -0.25) is 9.59 Å². The molecule has 0 spiro atoms. The van der Waals surface area contributed by atoms with Crippen LogP contribution in [0.3, 0.4) is 0 Å². The number of carbonyl (C=O) groups is 2. The fourth-order valence-electron chi connectivity index (χ4n) is 2.15. The van der Waals surface area contributed by atoms with Crippen LogP contribution < -0.4 is 10.6 Å². The first-order valence-corrected chi connectivity index (χ1v) is 8.25. The molecule has 2 aromatic rings. The van der Waals surface area contributed by atoms with Gasteiger partial charge in [-0.2, -0.15) is 0 Å². The van der Waals surface area contributed by atoms with Gasteiger partial charge in [0.05, 0.1) is 0 Å². The molecule has 0 unspecified atom stereocenters. The maximum Gasteiger partial charge on any atom is 0.267 e. The van der Waals surface area contributed by atoms with Gasteiger partial charge >= 0.3 is 0 Å². The molecule has 2 amide bonds. The van der Waals surface area contributed by atoms with Crippen molar-refractivity contribution in [3.8, 4) is 5.75 Å². The fourth-order valence-corrected chi connectivity index (χ4v) is 2.15. The third kappa shape index (κ3) is 5.80. The van der Waals surface area contributed by atoms with Crippen LogP contribution in [0.15, 0.2) is 60.3 Å². The molecular formula is C20H22N2O3. The van der Waals surface area contributed by atoms with Gasteiger partial charge in [0.1, 0.15) is 11.4 Å². The predicted octanol–water partition coefficient (Wildman–Crippen LogP) is 3.08. The fraction of sp³-hybridized carbons (Fsp3) is 0.200. The lowest BCUT2D eigenvalue weighted by molar-refractivity contribution is -0.117. The van der Waals surface area contributed by atoms with E-state index >= 15 is 0 Å². The van der Waals surface area contributed by atoms with Crippen LogP contribution in [0.4, 0.5) is 0 Å². The van der Waals surface area contributed by atoms with Crippen molar-refractivity contribution in [3.63, 3.8) is 0 Å². The van der Waals surface area contributed by atoms with Crippen LogP contribution in [0.5, 0.6) is 5.75 Å². The minimum atomic E-state index is -0.351. The third-order valence-electron chi connectivity index (χ3n) is 3.55. The van der Waals surface area contributed by atoms with Crippen LogP contribution in [0.25, 0.3) is 6.08 Å². The summed E-state index contributed by atoms with van der Waals surface area (Å²) in [5.74, 6) is -0.554. The molecule has 0 aliphatic heterocycles. The number of hydrogen-bond donors (Lipinski definition) is 3. The summed E-state index contributed by atoms with van der Waals surface area (Å²) in [7, 11) is 0. The summed E-state index contributed by atoms with van der Waals surface area (Å²) in [6.45, 7) is 2.58. The highest BCUT2D eigenvalue weighted by Gasteiger charge is 2.14. The second-order valence-electron chi connectivity index (χ2n) is 5.58. The molecule has 0 radical (unpaired) electrons. The maximum atomic E-state index is 12.4. The van der Waals surface area contributed by atoms with E-state index in [1.54, 1.807) is 42.5 Å². The van der Waals surface area contributed by atoms with Crippen molar-refractivity contribution in [2.75, 3.05) is 6.54 Å². The Hall–Kier alpha value is -3.08. The summed E-state index contributed by atoms with van der Waals surface area (Å²) in [4.78, 5) is 24.8. The van der Waals surface area contributed by atoms with Gasteiger partial charge in [0.15, 0.2) is 0 Å². The van der Waals surface area contributed by atoms with Gasteiger partial charge in [-0.05, 0) is 42.3 Å². The monoisotopic (exact) mass is 338 g/mol. The van der Waals surface area contributed by atoms with Crippen LogP contribution >= 0.6 is 0 Å². The summed E-state index contributed by atoms with van der Waals surface area (Å²) in [5, 5.41) is 14.8. The summed E-state index contributed by atoms with van der Waals surface area (Å²) < 4.78 is 0. The van der Waals surface area contributed by atoms with E-state index in [0.717, 1.165) is 12.8 Å². The molecule has 0 aromatic heterocycles. The third-order valence-corrected chi connectivity index (χ3v) is 3.55. The largest absolute Gasteiger partial charge is 0.508 e. The van der Waals surface area contributed by atoms with Gasteiger partial charge in [0.2, 0.25) is 0 Å². The molecule has 0 saturated heterocycles. The van der Waals surface area contributed by atoms with Crippen molar-refractivity contribution in [2.24, 2.45) is 0 Å². The van der Waals surface area contributed by atoms with Crippen molar-refractivity contribution < 1.29 is 14.7 Å². The zero-order chi connectivity index (χ0) is 18.1. The number of carbonyl (C=O) groups excluding carboxylic acids is 2. The quantitative estimate of drug-likeness (QED) is 0.536. The van der Waals surface area contributed by atoms with Crippen molar-refractivity contribution in [3.05, 3.63) is 71.4 Å². The van der Waals surface area contributed by atoms with Crippen molar-refractivity contribution in [1.29, 1.82) is 0 Å². The SMILES string of the molecule is CCCCNC(=O)C(=Cc1ccc(O)cc1)NC(=O)c1ccccc1. The lowest BCUT2D eigenvalue weighted by Crippen LogP contribution is -2.35. The van der Waals surface area contributed by atoms with E-state index in [0.29, 0.717) is 17.7 Å². The smallest absolute Gasteiger partial charge is 0.267 e. The lowest BCUT2D eigenvalue weighted by Gasteiger charge is -2.11. The Kier molecular flexibility index (Phi) is 6.77. The molecule has 0 aliphatic carbocycles. The lowest BCUT2D eigenvalue weighted by atomic mass is 10.1. The first-order valence-electron chi connectivity index (χ1n) is 8.25. The number of nitrogens with one attached hydrogen (secondary N) is 2. The van der Waals surface area contributed by atoms with E-state index in [2.05, 4.69) is 10.6 Å². The summed E-state index contributed by atoms with van der Waals surface area (Å²) in [6, 6.07) is 15.1. The molecule has 5 heteroatoms. The van der Waals surface area contributed by atoms with Crippen LogP contribution in [0.1, 0.15) is 35.7 Å². The molecule has 0 bridgehead atoms. The molecule has 2 aromatic carbocycles. The minimum absolute atomic E-state index is 0.138. The topological polar surface area (TPSA) is 78.4 Å². The van der Waals surface area contributed by atoms with E-state index in [4.69, 9.17) is 0 Å². The zero-order valence-corrected chi connectivity index (χ0v) is 14.2. The van der Waals surface area contributed by atoms with Gasteiger partial charge in [-0.1, -0.05) is 43.7 Å². The average molecular weight is 338 g/mol. The van der Waals surface area contributed by atoms with E-state index in [-0.39, 0.29) is 23.3 Å². The molecule has 130 valence electrons. The summed E-state index contributed by atoms with van der Waals surface area (Å²) >= 11 is 0. The number of rotatable bonds is 7. The Bertz CT molecular complexity index is 737. The number of amides is 2. The van der Waals surface area contributed by atoms with E-state index in [1.807, 2.05) is 13.0 Å². The normalized spacial score (nSPS) is 11.0. The predicted molar refractivity (Wildman–Crippen MR) is 97.9 cm³/mol. The Morgan fingerprint density at radius 3 is 2.36 bits per heavy atom. The van der Waals surface area contributed by atoms with Crippen molar-refractivity contribution >= 4 is 17.9 Å². The molecule has 0 heterocycles. The van der Waals surface area contributed by atoms with E-state index in [1.165, 1.54) is 12.1 Å². The molecule has 0 aliphatic rings. The molecule has 2 rings (SSSR count). The second-order valence-corrected chi connectivity index (χ2v) is 5.58. The van der Waals surface area contributed by atoms with E-state index < -0.39 is 0 Å². The van der Waals surface area contributed by atoms with Crippen LogP contribution in [0, 0.1) is 0 Å². The molecule has 0 atom stereocenters. The highest BCUT2D eigenvalue weighted by molar-refractivity contribution is 6.05. The standard InChI is InChI=1S/C20H22N2O3/c1-2-3-13-21-20(25)18(14-15-9-11-17(23)12-10-15)22-19(24)16-7-5-4-6-8-16/h4-12,14,23H,2-3,13H2,1H3,(H,21,25)(H,22,24). The number of aromatic hydroxyl groups is 1. The molecule has 0 fully saturated rings. The zero-order valence-electron chi connectivity index (χ0n) is 14.2. The van der Waals surface area contributed by atoms with Gasteiger partial charge < -0.3 is 15.7 Å². The number of hydrogen-bond acceptors (Lipinski definition) is 3. The summed E-state index contributed by atoms with van der Waals surface area (Å²) in [5.41, 5.74) is 1.34. The average Bonchev–Trinajstić information content (AvgIpc) is 2.63. The molecule has 0 saturated carbocycles. The van der Waals surface area contributed by atoms with Gasteiger partial charge in [-0.15, -0.1) is 0 Å². The highest BCUT2D eigenvalue weighted by atomic mass is 16.3. The van der Waals surface area contributed by atoms with Crippen LogP contribution in [-0.2, 0) is 4.79 Å². The Morgan fingerprint density at radius 1 is 1.04 bits per heavy atom. The molecule has 3 N–H and O–H groups in total. The Morgan fingerprint density at radius 2 is 1.72 bits per heavy atom. The number of phenols is 1. The Labute approximate surface area is 147 Å². The number of unbranched alkanes of at least 4 members (excludes halogenated alkanes) is 1. The van der Waals surface area contributed by atoms with Crippen molar-refractivity contribution in [2.45, 2.75) is 19.8 Å². The van der Waals surface area contributed by atoms with Gasteiger partial charge in [0, 0.05) is 12.1 Å². The van der Waals surface area contributed by atoms with Gasteiger partial charge in [-0.25, -0.2) is 0 Å². The van der Waals surface area contributed by atoms with Crippen LogP contribution in [-0.4, -0.2) is 23.5 Å². The van der Waals surface area contributed by atoms with Crippen molar-refractivity contribution in [1.82, 2.24) is 10.6 Å². The first kappa shape index (κ1) is 18.3. The highest BCUT2D eigenvalue weighted by Crippen LogP contribution is 2.12. The van der Waals surface area contributed by atoms with E-state index in [9.17, 15) is 14.7 Å². The number of phenolic OH excluding ortho intramolecular Hbond substituents is 1. The molecular weight excluding hydrogens is 316 g/mol. The first-order chi connectivity index (χ1) is 12.1. The maximum absolute atomic E-state index is 12.4. The van der Waals surface area contributed by atoms with Crippen LogP contribution in [0.2, 0.25) is 0 Å². The Balaban J connectivity index is 2.20. The number of benzene rings is 2. The summed E-state index contributed by atoms with van der Waals surface area (Å²) in [6.07, 6.45) is 3.42.